The molecule has 3 aromatic carbocycles. The van der Waals surface area contributed by atoms with E-state index in [9.17, 15) is 9.59 Å². The molecule has 5 rings (SSSR count). The molecule has 0 radical (unpaired) electrons. The second-order valence-electron chi connectivity index (χ2n) is 7.55. The fourth-order valence-corrected chi connectivity index (χ4v) is 4.62. The van der Waals surface area contributed by atoms with Gasteiger partial charge in [0.15, 0.2) is 0 Å². The fourth-order valence-electron chi connectivity index (χ4n) is 4.62. The number of hydrogen-bond acceptors (Lipinski definition) is 4. The molecule has 4 heteroatoms. The largest absolute Gasteiger partial charge is 0.454 e. The van der Waals surface area contributed by atoms with Gasteiger partial charge in [-0.3, -0.25) is 0 Å². The molecular formula is C25H20O4. The van der Waals surface area contributed by atoms with Gasteiger partial charge >= 0.3 is 11.9 Å². The van der Waals surface area contributed by atoms with Crippen LogP contribution in [0, 0.1) is 0 Å². The van der Waals surface area contributed by atoms with E-state index in [-0.39, 0.29) is 23.8 Å². The van der Waals surface area contributed by atoms with Crippen LogP contribution >= 0.6 is 0 Å². The number of carbonyl (C=O) groups excluding carboxylic acids is 2. The summed E-state index contributed by atoms with van der Waals surface area (Å²) in [7, 11) is 0. The Morgan fingerprint density at radius 3 is 1.38 bits per heavy atom. The summed E-state index contributed by atoms with van der Waals surface area (Å²) in [6.45, 7) is 0. The lowest BCUT2D eigenvalue weighted by atomic mass is 9.87. The van der Waals surface area contributed by atoms with Gasteiger partial charge in [-0.15, -0.1) is 0 Å². The van der Waals surface area contributed by atoms with Gasteiger partial charge in [-0.2, -0.15) is 0 Å². The van der Waals surface area contributed by atoms with Crippen molar-refractivity contribution in [1.82, 2.24) is 0 Å². The maximum absolute atomic E-state index is 12.7. The summed E-state index contributed by atoms with van der Waals surface area (Å²) in [6, 6.07) is 26.0. The SMILES string of the molecule is O=C(OC1C2CC(c3ccccc32)C1OC(=O)c1ccccc1)c1ccccc1. The average molecular weight is 384 g/mol. The molecule has 0 aliphatic heterocycles. The zero-order valence-electron chi connectivity index (χ0n) is 15.7. The number of ether oxygens (including phenoxy) is 2. The van der Waals surface area contributed by atoms with Crippen LogP contribution in [-0.2, 0) is 9.47 Å². The highest BCUT2D eigenvalue weighted by Gasteiger charge is 2.55. The van der Waals surface area contributed by atoms with Crippen molar-refractivity contribution in [2.75, 3.05) is 0 Å². The standard InChI is InChI=1S/C25H20O4/c26-24(16-9-3-1-4-10-16)28-22-20-15-21(19-14-8-7-13-18(19)20)23(22)29-25(27)17-11-5-2-6-12-17/h1-14,20-23H,15H2. The summed E-state index contributed by atoms with van der Waals surface area (Å²) in [5.41, 5.74) is 3.37. The van der Waals surface area contributed by atoms with Crippen molar-refractivity contribution in [2.45, 2.75) is 30.5 Å². The molecule has 4 unspecified atom stereocenters. The van der Waals surface area contributed by atoms with Crippen molar-refractivity contribution >= 4 is 11.9 Å². The second-order valence-corrected chi connectivity index (χ2v) is 7.55. The molecular weight excluding hydrogens is 364 g/mol. The van der Waals surface area contributed by atoms with Gasteiger partial charge in [0.1, 0.15) is 12.2 Å². The molecule has 4 nitrogen and oxygen atoms in total. The van der Waals surface area contributed by atoms with Gasteiger partial charge in [0, 0.05) is 11.8 Å². The molecule has 144 valence electrons. The summed E-state index contributed by atoms with van der Waals surface area (Å²) in [5, 5.41) is 0. The molecule has 2 aliphatic rings. The van der Waals surface area contributed by atoms with Crippen LogP contribution in [-0.4, -0.2) is 24.1 Å². The zero-order valence-corrected chi connectivity index (χ0v) is 15.7. The Hall–Kier alpha value is -3.40. The summed E-state index contributed by atoms with van der Waals surface area (Å²) in [4.78, 5) is 25.5. The number of carbonyl (C=O) groups is 2. The van der Waals surface area contributed by atoms with Crippen LogP contribution in [0.4, 0.5) is 0 Å². The Bertz CT molecular complexity index is 960. The Labute approximate surface area is 169 Å². The molecule has 0 N–H and O–H groups in total. The Kier molecular flexibility index (Phi) is 4.39. The third-order valence-electron chi connectivity index (χ3n) is 5.92. The van der Waals surface area contributed by atoms with Gasteiger partial charge in [0.05, 0.1) is 11.1 Å². The van der Waals surface area contributed by atoms with E-state index in [1.807, 2.05) is 24.3 Å². The summed E-state index contributed by atoms with van der Waals surface area (Å²) < 4.78 is 11.8. The number of fused-ring (bicyclic) bond motifs is 5. The Morgan fingerprint density at radius 1 is 0.586 bits per heavy atom. The molecule has 3 aromatic rings. The lowest BCUT2D eigenvalue weighted by molar-refractivity contribution is -0.0348. The van der Waals surface area contributed by atoms with Crippen LogP contribution < -0.4 is 0 Å². The number of esters is 2. The lowest BCUT2D eigenvalue weighted by Crippen LogP contribution is -2.39. The molecule has 2 aliphatic carbocycles. The summed E-state index contributed by atoms with van der Waals surface area (Å²) >= 11 is 0. The minimum absolute atomic E-state index is 0.0393. The molecule has 4 atom stereocenters. The summed E-state index contributed by atoms with van der Waals surface area (Å²) in [6.07, 6.45) is -0.163. The van der Waals surface area contributed by atoms with E-state index in [1.165, 1.54) is 11.1 Å². The average Bonchev–Trinajstić information content (AvgIpc) is 3.32. The molecule has 0 aromatic heterocycles. The maximum atomic E-state index is 12.7. The fraction of sp³-hybridized carbons (Fsp3) is 0.200. The van der Waals surface area contributed by atoms with Gasteiger partial charge in [-0.25, -0.2) is 9.59 Å². The van der Waals surface area contributed by atoms with Crippen molar-refractivity contribution in [1.29, 1.82) is 0 Å². The topological polar surface area (TPSA) is 52.6 Å². The van der Waals surface area contributed by atoms with E-state index < -0.39 is 12.2 Å². The smallest absolute Gasteiger partial charge is 0.338 e. The van der Waals surface area contributed by atoms with Crippen molar-refractivity contribution in [3.05, 3.63) is 107 Å². The van der Waals surface area contributed by atoms with Crippen LogP contribution in [0.25, 0.3) is 0 Å². The van der Waals surface area contributed by atoms with Gasteiger partial charge in [0.25, 0.3) is 0 Å². The van der Waals surface area contributed by atoms with E-state index in [0.29, 0.717) is 11.1 Å². The number of hydrogen-bond donors (Lipinski definition) is 0. The van der Waals surface area contributed by atoms with Crippen molar-refractivity contribution in [3.8, 4) is 0 Å². The first-order valence-electron chi connectivity index (χ1n) is 9.83. The summed E-state index contributed by atoms with van der Waals surface area (Å²) in [5.74, 6) is -0.697. The van der Waals surface area contributed by atoms with Gasteiger partial charge in [-0.05, 0) is 41.8 Å². The zero-order chi connectivity index (χ0) is 19.8. The highest BCUT2D eigenvalue weighted by Crippen LogP contribution is 2.55. The molecule has 0 spiro atoms. The third-order valence-corrected chi connectivity index (χ3v) is 5.92. The second kappa shape index (κ2) is 7.21. The van der Waals surface area contributed by atoms with Crippen LogP contribution in [0.1, 0.15) is 50.1 Å². The van der Waals surface area contributed by atoms with Crippen molar-refractivity contribution in [3.63, 3.8) is 0 Å². The lowest BCUT2D eigenvalue weighted by Gasteiger charge is -2.32. The minimum Gasteiger partial charge on any atom is -0.454 e. The first-order chi connectivity index (χ1) is 14.2. The molecule has 0 saturated heterocycles. The van der Waals surface area contributed by atoms with E-state index in [1.54, 1.807) is 48.5 Å². The number of rotatable bonds is 4. The predicted molar refractivity (Wildman–Crippen MR) is 108 cm³/mol. The van der Waals surface area contributed by atoms with Crippen molar-refractivity contribution < 1.29 is 19.1 Å². The molecule has 29 heavy (non-hydrogen) atoms. The molecule has 0 heterocycles. The monoisotopic (exact) mass is 384 g/mol. The molecule has 1 fully saturated rings. The predicted octanol–water partition coefficient (Wildman–Crippen LogP) is 4.72. The van der Waals surface area contributed by atoms with E-state index >= 15 is 0 Å². The Balaban J connectivity index is 1.44. The van der Waals surface area contributed by atoms with Crippen LogP contribution in [0.5, 0.6) is 0 Å². The molecule has 0 amide bonds. The quantitative estimate of drug-likeness (QED) is 0.611. The van der Waals surface area contributed by atoms with E-state index in [4.69, 9.17) is 9.47 Å². The first kappa shape index (κ1) is 17.7. The highest BCUT2D eigenvalue weighted by molar-refractivity contribution is 5.90. The van der Waals surface area contributed by atoms with Crippen LogP contribution in [0.2, 0.25) is 0 Å². The van der Waals surface area contributed by atoms with Crippen molar-refractivity contribution in [2.24, 2.45) is 0 Å². The van der Waals surface area contributed by atoms with E-state index in [2.05, 4.69) is 12.1 Å². The molecule has 2 bridgehead atoms. The van der Waals surface area contributed by atoms with Crippen LogP contribution in [0.15, 0.2) is 84.9 Å². The Morgan fingerprint density at radius 2 is 0.966 bits per heavy atom. The van der Waals surface area contributed by atoms with Gasteiger partial charge in [0.2, 0.25) is 0 Å². The van der Waals surface area contributed by atoms with Gasteiger partial charge in [-0.1, -0.05) is 60.7 Å². The minimum atomic E-state index is -0.490. The normalized spacial score (nSPS) is 24.0. The van der Waals surface area contributed by atoms with Gasteiger partial charge < -0.3 is 9.47 Å². The highest BCUT2D eigenvalue weighted by atomic mass is 16.6. The van der Waals surface area contributed by atoms with Crippen LogP contribution in [0.3, 0.4) is 0 Å². The maximum Gasteiger partial charge on any atom is 0.338 e. The number of benzene rings is 3. The van der Waals surface area contributed by atoms with E-state index in [0.717, 1.165) is 6.42 Å². The first-order valence-corrected chi connectivity index (χ1v) is 9.83. The third kappa shape index (κ3) is 3.11. The molecule has 1 saturated carbocycles.